The van der Waals surface area contributed by atoms with Crippen LogP contribution in [-0.4, -0.2) is 41.2 Å². The highest BCUT2D eigenvalue weighted by molar-refractivity contribution is 7.92. The van der Waals surface area contributed by atoms with E-state index in [1.807, 2.05) is 24.3 Å². The molecule has 3 aromatic rings. The SMILES string of the molecule is COc1ccccc1CCNC(=O)c1ccc(NS(=O)(=O)c2ccc3c(c2)OCCCO3)cc1. The van der Waals surface area contributed by atoms with E-state index in [9.17, 15) is 13.2 Å². The predicted molar refractivity (Wildman–Crippen MR) is 128 cm³/mol. The Kier molecular flexibility index (Phi) is 7.22. The third kappa shape index (κ3) is 5.60. The normalized spacial score (nSPS) is 13.0. The van der Waals surface area contributed by atoms with Crippen molar-refractivity contribution in [2.75, 3.05) is 31.6 Å². The summed E-state index contributed by atoms with van der Waals surface area (Å²) in [7, 11) is -2.23. The lowest BCUT2D eigenvalue weighted by Gasteiger charge is -2.12. The van der Waals surface area contributed by atoms with Gasteiger partial charge in [-0.25, -0.2) is 8.42 Å². The quantitative estimate of drug-likeness (QED) is 0.508. The number of fused-ring (bicyclic) bond motifs is 1. The molecule has 0 unspecified atom stereocenters. The number of sulfonamides is 1. The van der Waals surface area contributed by atoms with Crippen molar-refractivity contribution in [1.82, 2.24) is 5.32 Å². The number of ether oxygens (including phenoxy) is 3. The Morgan fingerprint density at radius 1 is 0.971 bits per heavy atom. The van der Waals surface area contributed by atoms with Crippen LogP contribution in [0.4, 0.5) is 5.69 Å². The molecular weight excluding hydrogens is 456 g/mol. The van der Waals surface area contributed by atoms with Gasteiger partial charge in [0, 0.05) is 30.3 Å². The Labute approximate surface area is 198 Å². The molecule has 4 rings (SSSR count). The van der Waals surface area contributed by atoms with Crippen LogP contribution in [0.5, 0.6) is 17.2 Å². The third-order valence-corrected chi connectivity index (χ3v) is 6.68. The maximum absolute atomic E-state index is 12.8. The van der Waals surface area contributed by atoms with E-state index in [1.54, 1.807) is 37.4 Å². The summed E-state index contributed by atoms with van der Waals surface area (Å²) in [5, 5.41) is 2.87. The number of carbonyl (C=O) groups excluding carboxylic acids is 1. The van der Waals surface area contributed by atoms with Crippen molar-refractivity contribution in [3.05, 3.63) is 77.9 Å². The van der Waals surface area contributed by atoms with Crippen LogP contribution in [0, 0.1) is 0 Å². The molecular formula is C25H26N2O6S. The van der Waals surface area contributed by atoms with Crippen LogP contribution in [0.25, 0.3) is 0 Å². The molecule has 0 saturated carbocycles. The fourth-order valence-electron chi connectivity index (χ4n) is 3.54. The molecule has 0 aliphatic carbocycles. The van der Waals surface area contributed by atoms with Crippen molar-refractivity contribution in [2.24, 2.45) is 0 Å². The number of methoxy groups -OCH3 is 1. The molecule has 1 amide bonds. The van der Waals surface area contributed by atoms with E-state index in [1.165, 1.54) is 12.1 Å². The number of anilines is 1. The van der Waals surface area contributed by atoms with Gasteiger partial charge in [-0.15, -0.1) is 0 Å². The zero-order valence-corrected chi connectivity index (χ0v) is 19.6. The lowest BCUT2D eigenvalue weighted by atomic mass is 10.1. The second-order valence-electron chi connectivity index (χ2n) is 7.66. The Balaban J connectivity index is 1.36. The molecule has 3 aromatic carbocycles. The maximum Gasteiger partial charge on any atom is 0.262 e. The maximum atomic E-state index is 12.8. The summed E-state index contributed by atoms with van der Waals surface area (Å²) in [6.45, 7) is 1.43. The second-order valence-corrected chi connectivity index (χ2v) is 9.34. The van der Waals surface area contributed by atoms with Crippen molar-refractivity contribution >= 4 is 21.6 Å². The van der Waals surface area contributed by atoms with Gasteiger partial charge < -0.3 is 19.5 Å². The standard InChI is InChI=1S/C25H26N2O6S/c1-31-22-6-3-2-5-18(22)13-14-26-25(28)19-7-9-20(10-8-19)27-34(29,30)21-11-12-23-24(17-21)33-16-4-15-32-23/h2-3,5-12,17,27H,4,13-16H2,1H3,(H,26,28). The van der Waals surface area contributed by atoms with Crippen molar-refractivity contribution < 1.29 is 27.4 Å². The molecule has 0 aromatic heterocycles. The molecule has 178 valence electrons. The fourth-order valence-corrected chi connectivity index (χ4v) is 4.61. The van der Waals surface area contributed by atoms with Gasteiger partial charge in [0.2, 0.25) is 0 Å². The van der Waals surface area contributed by atoms with Crippen LogP contribution >= 0.6 is 0 Å². The highest BCUT2D eigenvalue weighted by Crippen LogP contribution is 2.32. The zero-order valence-electron chi connectivity index (χ0n) is 18.7. The van der Waals surface area contributed by atoms with Gasteiger partial charge in [-0.3, -0.25) is 9.52 Å². The number of hydrogen-bond donors (Lipinski definition) is 2. The second kappa shape index (κ2) is 10.5. The molecule has 0 bridgehead atoms. The van der Waals surface area contributed by atoms with Crippen LogP contribution in [0.2, 0.25) is 0 Å². The average molecular weight is 483 g/mol. The highest BCUT2D eigenvalue weighted by atomic mass is 32.2. The van der Waals surface area contributed by atoms with E-state index in [4.69, 9.17) is 14.2 Å². The van der Waals surface area contributed by atoms with Crippen molar-refractivity contribution in [3.63, 3.8) is 0 Å². The highest BCUT2D eigenvalue weighted by Gasteiger charge is 2.19. The summed E-state index contributed by atoms with van der Waals surface area (Å²) in [5.74, 6) is 1.47. The number of rotatable bonds is 8. The molecule has 34 heavy (non-hydrogen) atoms. The number of carbonyl (C=O) groups is 1. The first kappa shape index (κ1) is 23.4. The van der Waals surface area contributed by atoms with E-state index in [0.29, 0.717) is 48.9 Å². The summed E-state index contributed by atoms with van der Waals surface area (Å²) in [6, 6.07) is 18.4. The molecule has 0 atom stereocenters. The first-order chi connectivity index (χ1) is 16.5. The minimum absolute atomic E-state index is 0.0647. The number of benzene rings is 3. The number of para-hydroxylation sites is 1. The Morgan fingerprint density at radius 3 is 2.47 bits per heavy atom. The molecule has 1 aliphatic rings. The van der Waals surface area contributed by atoms with E-state index >= 15 is 0 Å². The summed E-state index contributed by atoms with van der Waals surface area (Å²) < 4.78 is 44.6. The van der Waals surface area contributed by atoms with E-state index < -0.39 is 10.0 Å². The van der Waals surface area contributed by atoms with Crippen molar-refractivity contribution in [2.45, 2.75) is 17.7 Å². The molecule has 0 saturated heterocycles. The lowest BCUT2D eigenvalue weighted by Crippen LogP contribution is -2.25. The van der Waals surface area contributed by atoms with Gasteiger partial charge in [-0.1, -0.05) is 18.2 Å². The number of amides is 1. The predicted octanol–water partition coefficient (Wildman–Crippen LogP) is 3.63. The topological polar surface area (TPSA) is 103 Å². The number of nitrogens with one attached hydrogen (secondary N) is 2. The van der Waals surface area contributed by atoms with Crippen LogP contribution < -0.4 is 24.2 Å². The zero-order chi connectivity index (χ0) is 24.0. The average Bonchev–Trinajstić information content (AvgIpc) is 3.09. The molecule has 8 nitrogen and oxygen atoms in total. The number of hydrogen-bond acceptors (Lipinski definition) is 6. The van der Waals surface area contributed by atoms with E-state index in [-0.39, 0.29) is 10.8 Å². The first-order valence-electron chi connectivity index (χ1n) is 10.9. The summed E-state index contributed by atoms with van der Waals surface area (Å²) in [4.78, 5) is 12.5. The van der Waals surface area contributed by atoms with Gasteiger partial charge in [0.25, 0.3) is 15.9 Å². The van der Waals surface area contributed by atoms with E-state index in [0.717, 1.165) is 17.7 Å². The smallest absolute Gasteiger partial charge is 0.262 e. The van der Waals surface area contributed by atoms with E-state index in [2.05, 4.69) is 10.0 Å². The van der Waals surface area contributed by atoms with Gasteiger partial charge in [-0.05, 0) is 54.4 Å². The summed E-state index contributed by atoms with van der Waals surface area (Å²) in [5.41, 5.74) is 1.78. The molecule has 1 heterocycles. The van der Waals surface area contributed by atoms with Crippen molar-refractivity contribution in [3.8, 4) is 17.2 Å². The van der Waals surface area contributed by atoms with Gasteiger partial charge >= 0.3 is 0 Å². The monoisotopic (exact) mass is 482 g/mol. The third-order valence-electron chi connectivity index (χ3n) is 5.30. The molecule has 0 radical (unpaired) electrons. The fraction of sp³-hybridized carbons (Fsp3) is 0.240. The summed E-state index contributed by atoms with van der Waals surface area (Å²) in [6.07, 6.45) is 1.36. The van der Waals surface area contributed by atoms with Crippen LogP contribution in [-0.2, 0) is 16.4 Å². The van der Waals surface area contributed by atoms with Gasteiger partial charge in [-0.2, -0.15) is 0 Å². The van der Waals surface area contributed by atoms with Crippen LogP contribution in [0.1, 0.15) is 22.3 Å². The first-order valence-corrected chi connectivity index (χ1v) is 12.4. The molecule has 2 N–H and O–H groups in total. The summed E-state index contributed by atoms with van der Waals surface area (Å²) >= 11 is 0. The van der Waals surface area contributed by atoms with Gasteiger partial charge in [0.15, 0.2) is 11.5 Å². The van der Waals surface area contributed by atoms with Crippen molar-refractivity contribution in [1.29, 1.82) is 0 Å². The molecule has 1 aliphatic heterocycles. The largest absolute Gasteiger partial charge is 0.496 e. The molecule has 0 fully saturated rings. The molecule has 0 spiro atoms. The Bertz CT molecular complexity index is 1260. The van der Waals surface area contributed by atoms with Gasteiger partial charge in [0.1, 0.15) is 5.75 Å². The minimum Gasteiger partial charge on any atom is -0.496 e. The minimum atomic E-state index is -3.84. The Hall–Kier alpha value is -3.72. The van der Waals surface area contributed by atoms with Crippen LogP contribution in [0.3, 0.4) is 0 Å². The Morgan fingerprint density at radius 2 is 1.71 bits per heavy atom. The lowest BCUT2D eigenvalue weighted by molar-refractivity contribution is 0.0954. The molecule has 9 heteroatoms. The van der Waals surface area contributed by atoms with Crippen LogP contribution in [0.15, 0.2) is 71.6 Å². The van der Waals surface area contributed by atoms with Gasteiger partial charge in [0.05, 0.1) is 25.2 Å².